The van der Waals surface area contributed by atoms with Crippen LogP contribution in [0.4, 0.5) is 0 Å². The summed E-state index contributed by atoms with van der Waals surface area (Å²) in [4.78, 5) is 14.4. The van der Waals surface area contributed by atoms with E-state index < -0.39 is 0 Å². The molecule has 0 spiro atoms. The molecule has 6 heteroatoms. The molecule has 1 aliphatic rings. The molecule has 128 valence electrons. The molecule has 1 unspecified atom stereocenters. The predicted octanol–water partition coefficient (Wildman–Crippen LogP) is 3.22. The van der Waals surface area contributed by atoms with Gasteiger partial charge < -0.3 is 5.32 Å². The van der Waals surface area contributed by atoms with E-state index in [2.05, 4.69) is 57.2 Å². The van der Waals surface area contributed by atoms with Crippen LogP contribution in [0, 0.1) is 0 Å². The summed E-state index contributed by atoms with van der Waals surface area (Å²) in [6.07, 6.45) is 0.607. The van der Waals surface area contributed by atoms with E-state index in [0.29, 0.717) is 12.4 Å². The van der Waals surface area contributed by atoms with Gasteiger partial charge in [0.05, 0.1) is 0 Å². The van der Waals surface area contributed by atoms with Crippen molar-refractivity contribution in [1.82, 2.24) is 10.6 Å². The number of nitrogens with one attached hydrogen (secondary N) is 2. The first-order valence-corrected chi connectivity index (χ1v) is 8.90. The van der Waals surface area contributed by atoms with Gasteiger partial charge in [0.2, 0.25) is 11.9 Å². The van der Waals surface area contributed by atoms with Gasteiger partial charge in [-0.3, -0.25) is 10.1 Å². The lowest BCUT2D eigenvalue weighted by Gasteiger charge is -2.08. The second kappa shape index (κ2) is 7.98. The van der Waals surface area contributed by atoms with Crippen LogP contribution >= 0.6 is 11.8 Å². The molecule has 0 radical (unpaired) electrons. The van der Waals surface area contributed by atoms with E-state index in [4.69, 9.17) is 0 Å². The summed E-state index contributed by atoms with van der Waals surface area (Å²) in [7, 11) is 0. The minimum Gasteiger partial charge on any atom is -0.342 e. The zero-order chi connectivity index (χ0) is 17.6. The number of hydrogen-bond donors (Lipinski definition) is 2. The lowest BCUT2D eigenvalue weighted by atomic mass is 10.1. The molecular weight excluding hydrogens is 332 g/mol. The van der Waals surface area contributed by atoms with Crippen LogP contribution in [0.5, 0.6) is 0 Å². The number of nitrogens with zero attached hydrogens (tertiary/aromatic N) is 2. The third kappa shape index (κ3) is 4.93. The topological polar surface area (TPSA) is 65.8 Å². The van der Waals surface area contributed by atoms with Crippen molar-refractivity contribution in [2.75, 3.05) is 0 Å². The molecule has 25 heavy (non-hydrogen) atoms. The largest absolute Gasteiger partial charge is 0.342 e. The summed E-state index contributed by atoms with van der Waals surface area (Å²) >= 11 is 1.72. The lowest BCUT2D eigenvalue weighted by molar-refractivity contribution is -0.120. The smallest absolute Gasteiger partial charge is 0.249 e. The number of amides is 1. The molecule has 1 amide bonds. The molecule has 0 aromatic heterocycles. The Morgan fingerprint density at radius 2 is 1.72 bits per heavy atom. The van der Waals surface area contributed by atoms with Crippen molar-refractivity contribution in [2.45, 2.75) is 36.1 Å². The Morgan fingerprint density at radius 1 is 1.04 bits per heavy atom. The predicted molar refractivity (Wildman–Crippen MR) is 102 cm³/mol. The monoisotopic (exact) mass is 352 g/mol. The first kappa shape index (κ1) is 17.2. The first-order valence-electron chi connectivity index (χ1n) is 8.08. The quantitative estimate of drug-likeness (QED) is 0.641. The molecule has 1 fully saturated rings. The van der Waals surface area contributed by atoms with E-state index in [-0.39, 0.29) is 11.9 Å². The second-order valence-corrected chi connectivity index (χ2v) is 7.09. The van der Waals surface area contributed by atoms with Gasteiger partial charge in [0.25, 0.3) is 0 Å². The summed E-state index contributed by atoms with van der Waals surface area (Å²) in [6, 6.07) is 18.2. The van der Waals surface area contributed by atoms with Gasteiger partial charge in [-0.25, -0.2) is 0 Å². The Labute approximate surface area is 151 Å². The van der Waals surface area contributed by atoms with Gasteiger partial charge in [0.15, 0.2) is 0 Å². The normalized spacial score (nSPS) is 17.9. The molecule has 1 saturated heterocycles. The molecule has 2 aromatic rings. The maximum absolute atomic E-state index is 12.0. The van der Waals surface area contributed by atoms with Crippen molar-refractivity contribution in [3.63, 3.8) is 0 Å². The van der Waals surface area contributed by atoms with Crippen LogP contribution in [0.3, 0.4) is 0 Å². The van der Waals surface area contributed by atoms with E-state index in [1.165, 1.54) is 9.79 Å². The number of carbonyl (C=O) groups is 1. The minimum absolute atomic E-state index is 0.0783. The second-order valence-electron chi connectivity index (χ2n) is 5.95. The van der Waals surface area contributed by atoms with E-state index in [1.807, 2.05) is 32.0 Å². The van der Waals surface area contributed by atoms with Crippen LogP contribution in [-0.2, 0) is 11.2 Å². The fraction of sp³-hybridized carbons (Fsp3) is 0.211. The van der Waals surface area contributed by atoms with Crippen LogP contribution in [0.1, 0.15) is 19.4 Å². The molecule has 3 rings (SSSR count). The Balaban J connectivity index is 1.61. The summed E-state index contributed by atoms with van der Waals surface area (Å²) in [5.41, 5.74) is 1.93. The standard InChI is InChI=1S/C19H20N4OS/c1-13(2)22-23-19-20-17(18(24)21-19)12-14-8-10-16(11-9-14)25-15-6-4-3-5-7-15/h3-11,17H,12H2,1-2H3,(H2,20,21,23,24). The molecule has 0 saturated carbocycles. The van der Waals surface area contributed by atoms with Crippen LogP contribution in [-0.4, -0.2) is 23.6 Å². The highest BCUT2D eigenvalue weighted by Crippen LogP contribution is 2.27. The summed E-state index contributed by atoms with van der Waals surface area (Å²) in [5.74, 6) is 0.331. The van der Waals surface area contributed by atoms with Crippen molar-refractivity contribution in [1.29, 1.82) is 0 Å². The highest BCUT2D eigenvalue weighted by atomic mass is 32.2. The fourth-order valence-electron chi connectivity index (χ4n) is 2.37. The zero-order valence-electron chi connectivity index (χ0n) is 14.2. The van der Waals surface area contributed by atoms with Crippen LogP contribution in [0.25, 0.3) is 0 Å². The number of rotatable bonds is 5. The number of guanidine groups is 1. The molecule has 0 bridgehead atoms. The zero-order valence-corrected chi connectivity index (χ0v) is 15.0. The molecule has 1 heterocycles. The van der Waals surface area contributed by atoms with Crippen molar-refractivity contribution >= 4 is 29.3 Å². The molecule has 2 N–H and O–H groups in total. The van der Waals surface area contributed by atoms with Gasteiger partial charge >= 0.3 is 0 Å². The Kier molecular flexibility index (Phi) is 5.50. The Morgan fingerprint density at radius 3 is 2.40 bits per heavy atom. The van der Waals surface area contributed by atoms with Gasteiger partial charge in [0.1, 0.15) is 6.04 Å². The van der Waals surface area contributed by atoms with Crippen molar-refractivity contribution in [2.24, 2.45) is 10.2 Å². The average molecular weight is 352 g/mol. The van der Waals surface area contributed by atoms with Crippen molar-refractivity contribution < 1.29 is 4.79 Å². The molecular formula is C19H20N4OS. The van der Waals surface area contributed by atoms with Gasteiger partial charge in [-0.2, -0.15) is 5.10 Å². The van der Waals surface area contributed by atoms with Gasteiger partial charge in [-0.1, -0.05) is 42.1 Å². The SMILES string of the molecule is CC(C)=N/N=C1\NC(=O)C(Cc2ccc(Sc3ccccc3)cc2)N1. The van der Waals surface area contributed by atoms with Gasteiger partial charge in [0, 0.05) is 21.9 Å². The molecule has 0 aliphatic carbocycles. The first-order chi connectivity index (χ1) is 12.1. The molecule has 1 aliphatic heterocycles. The minimum atomic E-state index is -0.321. The van der Waals surface area contributed by atoms with Crippen LogP contribution < -0.4 is 10.6 Å². The van der Waals surface area contributed by atoms with Crippen molar-refractivity contribution in [3.8, 4) is 0 Å². The van der Waals surface area contributed by atoms with Crippen molar-refractivity contribution in [3.05, 3.63) is 60.2 Å². The molecule has 5 nitrogen and oxygen atoms in total. The lowest BCUT2D eigenvalue weighted by Crippen LogP contribution is -2.31. The summed E-state index contributed by atoms with van der Waals surface area (Å²) in [5, 5.41) is 13.7. The molecule has 1 atom stereocenters. The third-order valence-electron chi connectivity index (χ3n) is 3.56. The van der Waals surface area contributed by atoms with E-state index in [1.54, 1.807) is 11.8 Å². The highest BCUT2D eigenvalue weighted by molar-refractivity contribution is 7.99. The van der Waals surface area contributed by atoms with Crippen LogP contribution in [0.2, 0.25) is 0 Å². The third-order valence-corrected chi connectivity index (χ3v) is 4.58. The Hall–Kier alpha value is -2.60. The van der Waals surface area contributed by atoms with E-state index in [9.17, 15) is 4.79 Å². The highest BCUT2D eigenvalue weighted by Gasteiger charge is 2.28. The molecule has 2 aromatic carbocycles. The number of carbonyl (C=O) groups excluding carboxylic acids is 1. The maximum Gasteiger partial charge on any atom is 0.249 e. The van der Waals surface area contributed by atoms with Crippen LogP contribution in [0.15, 0.2) is 74.6 Å². The van der Waals surface area contributed by atoms with Gasteiger partial charge in [-0.05, 0) is 43.7 Å². The van der Waals surface area contributed by atoms with E-state index >= 15 is 0 Å². The number of hydrogen-bond acceptors (Lipinski definition) is 4. The summed E-state index contributed by atoms with van der Waals surface area (Å²) < 4.78 is 0. The fourth-order valence-corrected chi connectivity index (χ4v) is 3.21. The summed E-state index contributed by atoms with van der Waals surface area (Å²) in [6.45, 7) is 3.71. The van der Waals surface area contributed by atoms with Gasteiger partial charge in [-0.15, -0.1) is 5.10 Å². The number of benzene rings is 2. The maximum atomic E-state index is 12.0. The average Bonchev–Trinajstić information content (AvgIpc) is 2.95. The Bertz CT molecular complexity index is 796. The van der Waals surface area contributed by atoms with E-state index in [0.717, 1.165) is 11.3 Å².